The zero-order valence-electron chi connectivity index (χ0n) is 26.8. The summed E-state index contributed by atoms with van der Waals surface area (Å²) in [4.78, 5) is 59.0. The van der Waals surface area contributed by atoms with Gasteiger partial charge in [-0.2, -0.15) is 13.2 Å². The van der Waals surface area contributed by atoms with Gasteiger partial charge in [-0.15, -0.1) is 6.58 Å². The van der Waals surface area contributed by atoms with Gasteiger partial charge in [0.15, 0.2) is 5.78 Å². The van der Waals surface area contributed by atoms with Gasteiger partial charge in [-0.1, -0.05) is 32.9 Å². The number of halogens is 3. The summed E-state index contributed by atoms with van der Waals surface area (Å²) in [5.74, 6) is -3.91. The van der Waals surface area contributed by atoms with Gasteiger partial charge in [0, 0.05) is 29.8 Å². The first-order valence-corrected chi connectivity index (χ1v) is 16.1. The molecule has 0 radical (unpaired) electrons. The van der Waals surface area contributed by atoms with Crippen molar-refractivity contribution in [2.45, 2.75) is 96.6 Å². The summed E-state index contributed by atoms with van der Waals surface area (Å²) in [5, 5.41) is 9.98. The lowest BCUT2D eigenvalue weighted by Crippen LogP contribution is -2.48. The molecule has 0 bridgehead atoms. The van der Waals surface area contributed by atoms with Crippen LogP contribution in [0.2, 0.25) is 0 Å². The maximum Gasteiger partial charge on any atom is 0.417 e. The van der Waals surface area contributed by atoms with E-state index in [9.17, 15) is 37.5 Å². The smallest absolute Gasteiger partial charge is 0.417 e. The predicted molar refractivity (Wildman–Crippen MR) is 165 cm³/mol. The standard InChI is InChI=1S/C35H41F3N2O7/c1-5-20-17-34(20,32(44)45)18-28(41)27-15-22(47-30-24-11-8-12-25(35(36,37)38)23(24)13-14-39-30)19-40(27)31(43)26(33(2,3)4)16-29(42)46-21-9-6-7-10-21/h5,8,11-14,20-22,26-27H,1,6-7,9-10,15-19H2,2-4H3,(H,44,45)/t20-,22-,26-,27+,34-/m1/s1. The molecule has 47 heavy (non-hydrogen) atoms. The van der Waals surface area contributed by atoms with Crippen LogP contribution in [-0.2, 0) is 30.1 Å². The quantitative estimate of drug-likeness (QED) is 0.218. The minimum absolute atomic E-state index is 0.0283. The molecule has 2 aliphatic carbocycles. The first-order valence-electron chi connectivity index (χ1n) is 16.1. The summed E-state index contributed by atoms with van der Waals surface area (Å²) in [6, 6.07) is 3.85. The van der Waals surface area contributed by atoms with E-state index in [-0.39, 0.29) is 55.0 Å². The molecular formula is C35H41F3N2O7. The number of alkyl halides is 3. The number of aliphatic carboxylic acids is 1. The van der Waals surface area contributed by atoms with Crippen molar-refractivity contribution in [2.24, 2.45) is 22.7 Å². The molecule has 2 heterocycles. The lowest BCUT2D eigenvalue weighted by molar-refractivity contribution is -0.156. The molecule has 1 amide bonds. The molecule has 1 aliphatic heterocycles. The number of nitrogens with zero attached hydrogens (tertiary/aromatic N) is 2. The van der Waals surface area contributed by atoms with E-state index >= 15 is 0 Å². The Kier molecular flexibility index (Phi) is 9.45. The summed E-state index contributed by atoms with van der Waals surface area (Å²) in [5.41, 5.74) is -2.88. The number of allylic oxidation sites excluding steroid dienone is 1. The first kappa shape index (κ1) is 34.4. The third-order valence-electron chi connectivity index (χ3n) is 9.92. The van der Waals surface area contributed by atoms with Gasteiger partial charge in [0.05, 0.1) is 35.9 Å². The monoisotopic (exact) mass is 658 g/mol. The summed E-state index contributed by atoms with van der Waals surface area (Å²) >= 11 is 0. The number of fused-ring (bicyclic) bond motifs is 1. The Labute approximate surface area is 271 Å². The van der Waals surface area contributed by atoms with E-state index in [2.05, 4.69) is 11.6 Å². The van der Waals surface area contributed by atoms with Crippen LogP contribution >= 0.6 is 0 Å². The second-order valence-corrected chi connectivity index (χ2v) is 14.2. The molecule has 3 fully saturated rings. The van der Waals surface area contributed by atoms with Gasteiger partial charge in [0.1, 0.15) is 12.2 Å². The van der Waals surface area contributed by atoms with Gasteiger partial charge in [-0.25, -0.2) is 4.98 Å². The average molecular weight is 659 g/mol. The van der Waals surface area contributed by atoms with Crippen LogP contribution in [0.4, 0.5) is 13.2 Å². The van der Waals surface area contributed by atoms with Crippen LogP contribution in [0.5, 0.6) is 5.88 Å². The van der Waals surface area contributed by atoms with Crippen LogP contribution in [0.25, 0.3) is 10.8 Å². The third-order valence-corrected chi connectivity index (χ3v) is 9.92. The third kappa shape index (κ3) is 7.16. The Bertz CT molecular complexity index is 1560. The molecule has 1 aromatic heterocycles. The minimum Gasteiger partial charge on any atom is -0.481 e. The van der Waals surface area contributed by atoms with E-state index in [1.54, 1.807) is 0 Å². The number of amides is 1. The fraction of sp³-hybridized carbons (Fsp3) is 0.571. The Morgan fingerprint density at radius 3 is 2.40 bits per heavy atom. The van der Waals surface area contributed by atoms with E-state index < -0.39 is 70.2 Å². The predicted octanol–water partition coefficient (Wildman–Crippen LogP) is 6.38. The van der Waals surface area contributed by atoms with E-state index in [1.807, 2.05) is 20.8 Å². The van der Waals surface area contributed by atoms with Gasteiger partial charge in [0.2, 0.25) is 11.8 Å². The molecule has 1 saturated heterocycles. The zero-order chi connectivity index (χ0) is 34.3. The Balaban J connectivity index is 1.44. The molecule has 5 atom stereocenters. The van der Waals surface area contributed by atoms with Crippen molar-refractivity contribution in [3.8, 4) is 5.88 Å². The highest BCUT2D eigenvalue weighted by molar-refractivity contribution is 5.96. The van der Waals surface area contributed by atoms with Crippen LogP contribution in [-0.4, -0.2) is 63.4 Å². The van der Waals surface area contributed by atoms with E-state index in [0.717, 1.165) is 31.7 Å². The molecule has 254 valence electrons. The number of likely N-dealkylation sites (tertiary alicyclic amines) is 1. The number of pyridine rings is 1. The summed E-state index contributed by atoms with van der Waals surface area (Å²) in [7, 11) is 0. The highest BCUT2D eigenvalue weighted by atomic mass is 19.4. The molecule has 0 unspecified atom stereocenters. The van der Waals surface area contributed by atoms with E-state index in [1.165, 1.54) is 35.4 Å². The molecule has 0 spiro atoms. The zero-order valence-corrected chi connectivity index (χ0v) is 26.8. The molecule has 5 rings (SSSR count). The summed E-state index contributed by atoms with van der Waals surface area (Å²) < 4.78 is 53.0. The Morgan fingerprint density at radius 1 is 1.11 bits per heavy atom. The molecule has 1 aromatic carbocycles. The van der Waals surface area contributed by atoms with Gasteiger partial charge in [-0.05, 0) is 61.6 Å². The highest BCUT2D eigenvalue weighted by Crippen LogP contribution is 2.56. The van der Waals surface area contributed by atoms with E-state index in [0.29, 0.717) is 0 Å². The fourth-order valence-corrected chi connectivity index (χ4v) is 7.08. The second-order valence-electron chi connectivity index (χ2n) is 14.2. The van der Waals surface area contributed by atoms with Crippen molar-refractivity contribution in [3.05, 3.63) is 48.7 Å². The topological polar surface area (TPSA) is 123 Å². The summed E-state index contributed by atoms with van der Waals surface area (Å²) in [6.45, 7) is 9.02. The van der Waals surface area contributed by atoms with Crippen molar-refractivity contribution >= 4 is 34.4 Å². The number of carbonyl (C=O) groups is 4. The van der Waals surface area contributed by atoms with Gasteiger partial charge in [-0.3, -0.25) is 19.2 Å². The normalized spacial score (nSPS) is 25.4. The maximum absolute atomic E-state index is 14.3. The van der Waals surface area contributed by atoms with Crippen LogP contribution in [0, 0.1) is 22.7 Å². The minimum atomic E-state index is -4.61. The maximum atomic E-state index is 14.3. The van der Waals surface area contributed by atoms with Crippen molar-refractivity contribution in [2.75, 3.05) is 6.54 Å². The van der Waals surface area contributed by atoms with Crippen LogP contribution in [0.3, 0.4) is 0 Å². The lowest BCUT2D eigenvalue weighted by atomic mass is 9.77. The fourth-order valence-electron chi connectivity index (χ4n) is 7.08. The second kappa shape index (κ2) is 12.9. The van der Waals surface area contributed by atoms with Gasteiger partial charge >= 0.3 is 18.1 Å². The number of ether oxygens (including phenoxy) is 2. The SMILES string of the molecule is C=C[C@@H]1C[C@]1(CC(=O)[C@@H]1C[C@@H](Oc2nccc3c(C(F)(F)F)cccc23)CN1C(=O)[C@@H](CC(=O)OC1CCCC1)C(C)(C)C)C(=O)O. The van der Waals surface area contributed by atoms with Crippen LogP contribution < -0.4 is 4.74 Å². The number of ketones is 1. The molecular weight excluding hydrogens is 617 g/mol. The number of carboxylic acid groups (broad SMARTS) is 1. The number of rotatable bonds is 11. The number of benzene rings is 1. The lowest BCUT2D eigenvalue weighted by Gasteiger charge is -2.35. The number of carboxylic acids is 1. The number of hydrogen-bond donors (Lipinski definition) is 1. The first-order chi connectivity index (χ1) is 22.0. The average Bonchev–Trinajstić information content (AvgIpc) is 3.27. The van der Waals surface area contributed by atoms with Crippen molar-refractivity contribution in [1.82, 2.24) is 9.88 Å². The van der Waals surface area contributed by atoms with Crippen molar-refractivity contribution < 1.29 is 46.9 Å². The Hall–Kier alpha value is -3.96. The van der Waals surface area contributed by atoms with E-state index in [4.69, 9.17) is 9.47 Å². The van der Waals surface area contributed by atoms with Gasteiger partial charge in [0.25, 0.3) is 0 Å². The highest BCUT2D eigenvalue weighted by Gasteiger charge is 2.61. The summed E-state index contributed by atoms with van der Waals surface area (Å²) in [6.07, 6.45) is 0.227. The van der Waals surface area contributed by atoms with Gasteiger partial charge < -0.3 is 19.5 Å². The number of aromatic nitrogens is 1. The largest absolute Gasteiger partial charge is 0.481 e. The Morgan fingerprint density at radius 2 is 1.81 bits per heavy atom. The molecule has 2 aromatic rings. The number of esters is 1. The number of carbonyl (C=O) groups excluding carboxylic acids is 3. The van der Waals surface area contributed by atoms with Crippen molar-refractivity contribution in [1.29, 1.82) is 0 Å². The molecule has 12 heteroatoms. The van der Waals surface area contributed by atoms with Crippen LogP contribution in [0.1, 0.15) is 77.7 Å². The molecule has 3 aliphatic rings. The number of hydrogen-bond acceptors (Lipinski definition) is 7. The number of Topliss-reactive ketones (excluding diaryl/α,β-unsaturated/α-hetero) is 1. The molecule has 2 saturated carbocycles. The van der Waals surface area contributed by atoms with Crippen LogP contribution in [0.15, 0.2) is 43.1 Å². The molecule has 1 N–H and O–H groups in total. The molecule has 9 nitrogen and oxygen atoms in total. The van der Waals surface area contributed by atoms with Crippen molar-refractivity contribution in [3.63, 3.8) is 0 Å².